The van der Waals surface area contributed by atoms with Crippen molar-refractivity contribution in [2.45, 2.75) is 6.54 Å². The maximum atomic E-state index is 12.8. The molecule has 0 saturated carbocycles. The van der Waals surface area contributed by atoms with E-state index >= 15 is 0 Å². The minimum atomic E-state index is -0.0357. The number of methoxy groups -OCH3 is 2. The SMILES string of the molecule is C=Cn1c[n+](CC(=O)c2ccc(OC)cc2OC)c2ccccc21. The van der Waals surface area contributed by atoms with E-state index in [2.05, 4.69) is 6.58 Å². The highest BCUT2D eigenvalue weighted by Gasteiger charge is 2.20. The number of ketones is 1. The number of aromatic nitrogens is 2. The summed E-state index contributed by atoms with van der Waals surface area (Å²) >= 11 is 0. The highest BCUT2D eigenvalue weighted by atomic mass is 16.5. The van der Waals surface area contributed by atoms with Crippen molar-refractivity contribution in [1.82, 2.24) is 4.57 Å². The number of hydrogen-bond acceptors (Lipinski definition) is 3. The summed E-state index contributed by atoms with van der Waals surface area (Å²) in [5.41, 5.74) is 2.50. The fraction of sp³-hybridized carbons (Fsp3) is 0.158. The molecule has 0 bridgehead atoms. The van der Waals surface area contributed by atoms with Gasteiger partial charge in [-0.05, 0) is 24.3 Å². The van der Waals surface area contributed by atoms with Gasteiger partial charge in [0.2, 0.25) is 12.1 Å². The Balaban J connectivity index is 1.97. The number of carbonyl (C=O) groups excluding carboxylic acids is 1. The molecule has 3 rings (SSSR count). The van der Waals surface area contributed by atoms with Crippen LogP contribution < -0.4 is 14.0 Å². The molecule has 0 spiro atoms. The second-order valence-electron chi connectivity index (χ2n) is 5.31. The highest BCUT2D eigenvalue weighted by Crippen LogP contribution is 2.25. The van der Waals surface area contributed by atoms with Crippen LogP contribution in [0.3, 0.4) is 0 Å². The van der Waals surface area contributed by atoms with Gasteiger partial charge in [0.15, 0.2) is 17.6 Å². The lowest BCUT2D eigenvalue weighted by Gasteiger charge is -2.08. The molecule has 0 atom stereocenters. The average Bonchev–Trinajstić information content (AvgIpc) is 2.99. The van der Waals surface area contributed by atoms with Crippen LogP contribution in [0.4, 0.5) is 0 Å². The van der Waals surface area contributed by atoms with Crippen LogP contribution in [-0.4, -0.2) is 24.6 Å². The summed E-state index contributed by atoms with van der Waals surface area (Å²) in [5, 5.41) is 0. The monoisotopic (exact) mass is 323 g/mol. The van der Waals surface area contributed by atoms with Crippen molar-refractivity contribution >= 4 is 23.0 Å². The van der Waals surface area contributed by atoms with Gasteiger partial charge < -0.3 is 9.47 Å². The molecular formula is C19H19N2O3+. The van der Waals surface area contributed by atoms with Gasteiger partial charge >= 0.3 is 0 Å². The lowest BCUT2D eigenvalue weighted by Crippen LogP contribution is -2.36. The number of rotatable bonds is 6. The summed E-state index contributed by atoms with van der Waals surface area (Å²) in [6, 6.07) is 13.1. The first-order valence-corrected chi connectivity index (χ1v) is 7.54. The number of hydrogen-bond donors (Lipinski definition) is 0. The van der Waals surface area contributed by atoms with Crippen molar-refractivity contribution in [1.29, 1.82) is 0 Å². The summed E-state index contributed by atoms with van der Waals surface area (Å²) in [6.45, 7) is 4.02. The molecule has 3 aromatic rings. The first kappa shape index (κ1) is 15.8. The van der Waals surface area contributed by atoms with E-state index in [9.17, 15) is 4.79 Å². The standard InChI is InChI=1S/C19H19N2O3/c1-4-20-13-21(17-8-6-5-7-16(17)20)12-18(22)15-10-9-14(23-2)11-19(15)24-3/h4-11,13H,1,12H2,2-3H3/q+1. The summed E-state index contributed by atoms with van der Waals surface area (Å²) < 4.78 is 14.3. The van der Waals surface area contributed by atoms with Crippen molar-refractivity contribution in [3.8, 4) is 11.5 Å². The molecule has 1 heterocycles. The van der Waals surface area contributed by atoms with E-state index in [1.165, 1.54) is 0 Å². The van der Waals surface area contributed by atoms with Gasteiger partial charge in [-0.25, -0.2) is 9.13 Å². The van der Waals surface area contributed by atoms with Gasteiger partial charge in [0.25, 0.3) is 0 Å². The van der Waals surface area contributed by atoms with Gasteiger partial charge in [-0.3, -0.25) is 4.79 Å². The fourth-order valence-electron chi connectivity index (χ4n) is 2.74. The van der Waals surface area contributed by atoms with E-state index < -0.39 is 0 Å². The zero-order chi connectivity index (χ0) is 17.1. The topological polar surface area (TPSA) is 44.3 Å². The predicted octanol–water partition coefficient (Wildman–Crippen LogP) is 2.93. The van der Waals surface area contributed by atoms with Crippen LogP contribution in [0.15, 0.2) is 55.4 Å². The zero-order valence-corrected chi connectivity index (χ0v) is 13.7. The number of ether oxygens (including phenoxy) is 2. The Morgan fingerprint density at radius 2 is 2.00 bits per heavy atom. The highest BCUT2D eigenvalue weighted by molar-refractivity contribution is 5.98. The molecule has 2 aromatic carbocycles. The second kappa shape index (κ2) is 6.58. The third kappa shape index (κ3) is 2.76. The first-order valence-electron chi connectivity index (χ1n) is 7.54. The van der Waals surface area contributed by atoms with Crippen LogP contribution >= 0.6 is 0 Å². The molecule has 1 aromatic heterocycles. The number of imidazole rings is 1. The molecule has 0 unspecified atom stereocenters. The van der Waals surface area contributed by atoms with Gasteiger partial charge in [-0.2, -0.15) is 0 Å². The van der Waals surface area contributed by atoms with Crippen molar-refractivity contribution in [3.05, 3.63) is 60.9 Å². The molecule has 5 heteroatoms. The second-order valence-corrected chi connectivity index (χ2v) is 5.31. The fourth-order valence-corrected chi connectivity index (χ4v) is 2.74. The van der Waals surface area contributed by atoms with E-state index in [-0.39, 0.29) is 12.3 Å². The van der Waals surface area contributed by atoms with Gasteiger partial charge in [0, 0.05) is 6.07 Å². The molecular weight excluding hydrogens is 304 g/mol. The molecule has 0 aliphatic heterocycles. The number of fused-ring (bicyclic) bond motifs is 1. The summed E-state index contributed by atoms with van der Waals surface area (Å²) in [7, 11) is 3.12. The van der Waals surface area contributed by atoms with Gasteiger partial charge in [-0.15, -0.1) is 0 Å². The van der Waals surface area contributed by atoms with E-state index in [4.69, 9.17) is 9.47 Å². The molecule has 0 fully saturated rings. The lowest BCUT2D eigenvalue weighted by molar-refractivity contribution is -0.657. The van der Waals surface area contributed by atoms with Crippen molar-refractivity contribution in [2.24, 2.45) is 0 Å². The van der Waals surface area contributed by atoms with E-state index in [0.717, 1.165) is 11.0 Å². The summed E-state index contributed by atoms with van der Waals surface area (Å²) in [6.07, 6.45) is 3.59. The first-order chi connectivity index (χ1) is 11.7. The van der Waals surface area contributed by atoms with Crippen molar-refractivity contribution in [2.75, 3.05) is 14.2 Å². The van der Waals surface area contributed by atoms with E-state index in [1.807, 2.05) is 39.7 Å². The molecule has 122 valence electrons. The van der Waals surface area contributed by atoms with Gasteiger partial charge in [-0.1, -0.05) is 18.7 Å². The number of nitrogens with zero attached hydrogens (tertiary/aromatic N) is 2. The van der Waals surface area contributed by atoms with Crippen LogP contribution in [0.5, 0.6) is 11.5 Å². The maximum Gasteiger partial charge on any atom is 0.249 e. The molecule has 0 aliphatic rings. The van der Waals surface area contributed by atoms with Crippen LogP contribution in [0.25, 0.3) is 17.2 Å². The smallest absolute Gasteiger partial charge is 0.249 e. The minimum absolute atomic E-state index is 0.0357. The third-order valence-corrected chi connectivity index (χ3v) is 3.95. The summed E-state index contributed by atoms with van der Waals surface area (Å²) in [5.74, 6) is 1.12. The molecule has 0 radical (unpaired) electrons. The molecule has 0 saturated heterocycles. The Morgan fingerprint density at radius 1 is 1.21 bits per heavy atom. The zero-order valence-electron chi connectivity index (χ0n) is 13.7. The van der Waals surface area contributed by atoms with Gasteiger partial charge in [0.05, 0.1) is 26.0 Å². The average molecular weight is 323 g/mol. The van der Waals surface area contributed by atoms with Crippen molar-refractivity contribution in [3.63, 3.8) is 0 Å². The molecule has 0 N–H and O–H groups in total. The molecule has 24 heavy (non-hydrogen) atoms. The van der Waals surface area contributed by atoms with Crippen LogP contribution in [0, 0.1) is 0 Å². The quantitative estimate of drug-likeness (QED) is 0.517. The molecule has 0 amide bonds. The molecule has 5 nitrogen and oxygen atoms in total. The lowest BCUT2D eigenvalue weighted by atomic mass is 10.1. The predicted molar refractivity (Wildman–Crippen MR) is 92.4 cm³/mol. The number of Topliss-reactive ketones (excluding diaryl/α,β-unsaturated/α-hetero) is 1. The maximum absolute atomic E-state index is 12.8. The minimum Gasteiger partial charge on any atom is -0.497 e. The van der Waals surface area contributed by atoms with E-state index in [1.54, 1.807) is 38.6 Å². The van der Waals surface area contributed by atoms with Crippen LogP contribution in [0.2, 0.25) is 0 Å². The van der Waals surface area contributed by atoms with Gasteiger partial charge in [0.1, 0.15) is 11.5 Å². The Bertz CT molecular complexity index is 912. The van der Waals surface area contributed by atoms with Crippen LogP contribution in [-0.2, 0) is 6.54 Å². The number of para-hydroxylation sites is 2. The van der Waals surface area contributed by atoms with Crippen LogP contribution in [0.1, 0.15) is 10.4 Å². The third-order valence-electron chi connectivity index (χ3n) is 3.95. The Labute approximate surface area is 140 Å². The Kier molecular flexibility index (Phi) is 4.33. The Hall–Kier alpha value is -3.08. The normalized spacial score (nSPS) is 10.6. The van der Waals surface area contributed by atoms with Crippen molar-refractivity contribution < 1.29 is 18.8 Å². The van der Waals surface area contributed by atoms with E-state index in [0.29, 0.717) is 17.1 Å². The Morgan fingerprint density at radius 3 is 2.71 bits per heavy atom. The number of carbonyl (C=O) groups is 1. The molecule has 0 aliphatic carbocycles. The largest absolute Gasteiger partial charge is 0.497 e. The summed E-state index contributed by atoms with van der Waals surface area (Å²) in [4.78, 5) is 12.8. The number of benzene rings is 2.